The van der Waals surface area contributed by atoms with E-state index < -0.39 is 0 Å². The Morgan fingerprint density at radius 1 is 1.00 bits per heavy atom. The third-order valence-corrected chi connectivity index (χ3v) is 4.79. The minimum Gasteiger partial charge on any atom is -0.462 e. The molecular formula is C16H29NO2. The van der Waals surface area contributed by atoms with E-state index in [0.717, 1.165) is 38.5 Å². The molecule has 0 aliphatic heterocycles. The van der Waals surface area contributed by atoms with Gasteiger partial charge in [0.05, 0.1) is 5.92 Å². The molecule has 0 saturated heterocycles. The fourth-order valence-electron chi connectivity index (χ4n) is 3.85. The first-order valence-corrected chi connectivity index (χ1v) is 8.02. The van der Waals surface area contributed by atoms with Crippen molar-refractivity contribution < 1.29 is 9.53 Å². The summed E-state index contributed by atoms with van der Waals surface area (Å²) in [5.74, 6) is 1.25. The zero-order valence-corrected chi connectivity index (χ0v) is 12.4. The lowest BCUT2D eigenvalue weighted by Gasteiger charge is -2.32. The van der Waals surface area contributed by atoms with Crippen molar-refractivity contribution in [1.29, 1.82) is 0 Å². The van der Waals surface area contributed by atoms with Crippen molar-refractivity contribution in [2.24, 2.45) is 23.5 Å². The number of hydrogen-bond donors (Lipinski definition) is 1. The molecule has 0 heterocycles. The van der Waals surface area contributed by atoms with Gasteiger partial charge in [-0.15, -0.1) is 0 Å². The van der Waals surface area contributed by atoms with Crippen LogP contribution in [-0.4, -0.2) is 18.1 Å². The van der Waals surface area contributed by atoms with Gasteiger partial charge in [0.25, 0.3) is 0 Å². The standard InChI is InChI=1S/C16H29NO2/c1-11-8-12(2)10-13(9-11)19-16(18)14-6-4-3-5-7-15(14)17/h11-15H,3-10,17H2,1-2H3. The topological polar surface area (TPSA) is 52.3 Å². The molecule has 0 spiro atoms. The molecule has 19 heavy (non-hydrogen) atoms. The maximum absolute atomic E-state index is 12.3. The van der Waals surface area contributed by atoms with Gasteiger partial charge >= 0.3 is 5.97 Å². The molecule has 2 fully saturated rings. The van der Waals surface area contributed by atoms with E-state index >= 15 is 0 Å². The molecule has 3 heteroatoms. The lowest BCUT2D eigenvalue weighted by atomic mass is 9.81. The first-order chi connectivity index (χ1) is 9.06. The molecular weight excluding hydrogens is 238 g/mol. The molecule has 2 saturated carbocycles. The maximum atomic E-state index is 12.3. The number of carbonyl (C=O) groups excluding carboxylic acids is 1. The number of hydrogen-bond acceptors (Lipinski definition) is 3. The summed E-state index contributed by atoms with van der Waals surface area (Å²) in [7, 11) is 0. The molecule has 0 radical (unpaired) electrons. The predicted octanol–water partition coefficient (Wildman–Crippen LogP) is 3.26. The van der Waals surface area contributed by atoms with Crippen LogP contribution in [0.25, 0.3) is 0 Å². The Kier molecular flexibility index (Phi) is 5.26. The Balaban J connectivity index is 1.88. The lowest BCUT2D eigenvalue weighted by Crippen LogP contribution is -2.38. The van der Waals surface area contributed by atoms with E-state index in [4.69, 9.17) is 10.5 Å². The molecule has 0 bridgehead atoms. The van der Waals surface area contributed by atoms with Crippen molar-refractivity contribution in [2.45, 2.75) is 77.4 Å². The number of rotatable bonds is 2. The third kappa shape index (κ3) is 4.20. The third-order valence-electron chi connectivity index (χ3n) is 4.79. The van der Waals surface area contributed by atoms with Gasteiger partial charge in [-0.3, -0.25) is 4.79 Å². The van der Waals surface area contributed by atoms with Gasteiger partial charge in [-0.05, 0) is 43.9 Å². The summed E-state index contributed by atoms with van der Waals surface area (Å²) in [4.78, 5) is 12.3. The van der Waals surface area contributed by atoms with E-state index in [-0.39, 0.29) is 24.0 Å². The molecule has 3 nitrogen and oxygen atoms in total. The second-order valence-electron chi connectivity index (χ2n) is 6.88. The smallest absolute Gasteiger partial charge is 0.310 e. The first kappa shape index (κ1) is 14.8. The zero-order chi connectivity index (χ0) is 13.8. The van der Waals surface area contributed by atoms with Gasteiger partial charge in [-0.2, -0.15) is 0 Å². The summed E-state index contributed by atoms with van der Waals surface area (Å²) in [5.41, 5.74) is 6.14. The van der Waals surface area contributed by atoms with E-state index in [1.807, 2.05) is 0 Å². The van der Waals surface area contributed by atoms with Crippen LogP contribution < -0.4 is 5.73 Å². The Morgan fingerprint density at radius 2 is 1.63 bits per heavy atom. The van der Waals surface area contributed by atoms with Gasteiger partial charge in [-0.25, -0.2) is 0 Å². The molecule has 2 aliphatic rings. The minimum atomic E-state index is -0.0601. The fourth-order valence-corrected chi connectivity index (χ4v) is 3.85. The Labute approximate surface area is 117 Å². The monoisotopic (exact) mass is 267 g/mol. The van der Waals surface area contributed by atoms with E-state index in [1.54, 1.807) is 0 Å². The highest BCUT2D eigenvalue weighted by molar-refractivity contribution is 5.73. The Hall–Kier alpha value is -0.570. The van der Waals surface area contributed by atoms with Gasteiger partial charge in [0.1, 0.15) is 6.10 Å². The second-order valence-corrected chi connectivity index (χ2v) is 6.88. The normalized spacial score (nSPS) is 40.5. The second kappa shape index (κ2) is 6.74. The van der Waals surface area contributed by atoms with E-state index in [2.05, 4.69) is 13.8 Å². The lowest BCUT2D eigenvalue weighted by molar-refractivity contribution is -0.158. The van der Waals surface area contributed by atoms with Crippen molar-refractivity contribution in [1.82, 2.24) is 0 Å². The number of ether oxygens (including phenoxy) is 1. The Morgan fingerprint density at radius 3 is 2.32 bits per heavy atom. The molecule has 0 aromatic heterocycles. The van der Waals surface area contributed by atoms with Crippen molar-refractivity contribution in [2.75, 3.05) is 0 Å². The van der Waals surface area contributed by atoms with Crippen molar-refractivity contribution >= 4 is 5.97 Å². The predicted molar refractivity (Wildman–Crippen MR) is 76.6 cm³/mol. The van der Waals surface area contributed by atoms with Gasteiger partial charge in [0.15, 0.2) is 0 Å². The minimum absolute atomic E-state index is 0.00781. The average Bonchev–Trinajstić information content (AvgIpc) is 2.52. The molecule has 110 valence electrons. The number of carbonyl (C=O) groups is 1. The van der Waals surface area contributed by atoms with E-state index in [1.165, 1.54) is 12.8 Å². The van der Waals surface area contributed by atoms with Gasteiger partial charge in [0, 0.05) is 6.04 Å². The van der Waals surface area contributed by atoms with Crippen molar-refractivity contribution in [3.05, 3.63) is 0 Å². The summed E-state index contributed by atoms with van der Waals surface area (Å²) >= 11 is 0. The van der Waals surface area contributed by atoms with Crippen LogP contribution in [0.2, 0.25) is 0 Å². The summed E-state index contributed by atoms with van der Waals surface area (Å²) in [6.45, 7) is 4.52. The summed E-state index contributed by atoms with van der Waals surface area (Å²) in [5, 5.41) is 0. The van der Waals surface area contributed by atoms with Crippen LogP contribution in [0.4, 0.5) is 0 Å². The molecule has 2 N–H and O–H groups in total. The molecule has 0 amide bonds. The summed E-state index contributed by atoms with van der Waals surface area (Å²) in [6, 6.07) is 0.00781. The largest absolute Gasteiger partial charge is 0.462 e. The molecule has 2 aliphatic carbocycles. The van der Waals surface area contributed by atoms with Gasteiger partial charge in [-0.1, -0.05) is 33.1 Å². The van der Waals surface area contributed by atoms with Gasteiger partial charge in [0.2, 0.25) is 0 Å². The van der Waals surface area contributed by atoms with Crippen LogP contribution in [0.15, 0.2) is 0 Å². The maximum Gasteiger partial charge on any atom is 0.310 e. The van der Waals surface area contributed by atoms with Crippen LogP contribution in [0, 0.1) is 17.8 Å². The van der Waals surface area contributed by atoms with Crippen molar-refractivity contribution in [3.63, 3.8) is 0 Å². The van der Waals surface area contributed by atoms with Gasteiger partial charge < -0.3 is 10.5 Å². The molecule has 2 rings (SSSR count). The van der Waals surface area contributed by atoms with E-state index in [9.17, 15) is 4.79 Å². The van der Waals surface area contributed by atoms with Crippen LogP contribution in [0.5, 0.6) is 0 Å². The zero-order valence-electron chi connectivity index (χ0n) is 12.4. The fraction of sp³-hybridized carbons (Fsp3) is 0.938. The molecule has 0 aromatic carbocycles. The quantitative estimate of drug-likeness (QED) is 0.617. The van der Waals surface area contributed by atoms with Crippen LogP contribution in [-0.2, 0) is 9.53 Å². The SMILES string of the molecule is CC1CC(C)CC(OC(=O)C2CCCCCC2N)C1. The van der Waals surface area contributed by atoms with Crippen molar-refractivity contribution in [3.8, 4) is 0 Å². The van der Waals surface area contributed by atoms with Crippen LogP contribution in [0.3, 0.4) is 0 Å². The highest BCUT2D eigenvalue weighted by atomic mass is 16.5. The summed E-state index contributed by atoms with van der Waals surface area (Å²) < 4.78 is 5.78. The Bertz CT molecular complexity index is 295. The molecule has 4 atom stereocenters. The average molecular weight is 267 g/mol. The van der Waals surface area contributed by atoms with E-state index in [0.29, 0.717) is 11.8 Å². The van der Waals surface area contributed by atoms with Crippen LogP contribution in [0.1, 0.15) is 65.2 Å². The highest BCUT2D eigenvalue weighted by Gasteiger charge is 2.32. The van der Waals surface area contributed by atoms with Crippen LogP contribution >= 0.6 is 0 Å². The number of nitrogens with two attached hydrogens (primary N) is 1. The molecule has 4 unspecified atom stereocenters. The summed E-state index contributed by atoms with van der Waals surface area (Å²) in [6.07, 6.45) is 8.80. The molecule has 0 aromatic rings. The highest BCUT2D eigenvalue weighted by Crippen LogP contribution is 2.32. The first-order valence-electron chi connectivity index (χ1n) is 8.02. The number of esters is 1.